The predicted octanol–water partition coefficient (Wildman–Crippen LogP) is -4.34. The molecule has 0 saturated carbocycles. The maximum absolute atomic E-state index is 10.6. The van der Waals surface area contributed by atoms with E-state index in [1.54, 1.807) is 24.3 Å². The minimum Gasteiger partial charge on any atom is -0.370 e. The number of rotatable bonds is 18. The van der Waals surface area contributed by atoms with Gasteiger partial charge in [-0.15, -0.1) is 5.73 Å². The van der Waals surface area contributed by atoms with Gasteiger partial charge in [0.25, 0.3) is 11.8 Å². The molecule has 3 aliphatic rings. The highest BCUT2D eigenvalue weighted by Gasteiger charge is 2.06. The molecule has 3 fully saturated rings. The van der Waals surface area contributed by atoms with E-state index in [1.165, 1.54) is 20.3 Å². The minimum atomic E-state index is -0.926. The number of ketones is 2. The quantitative estimate of drug-likeness (QED) is 0.0165. The number of aldehydes is 2. The Hall–Kier alpha value is -11.1. The molecule has 34 heteroatoms. The number of hydrogen-bond donors (Lipinski definition) is 15. The summed E-state index contributed by atoms with van der Waals surface area (Å²) in [5, 5.41) is 8.23. The Labute approximate surface area is 515 Å². The zero-order chi connectivity index (χ0) is 71.1. The second-order valence-corrected chi connectivity index (χ2v) is 16.6. The molecule has 0 spiro atoms. The van der Waals surface area contributed by atoms with Crippen LogP contribution in [0.15, 0.2) is 73.5 Å². The van der Waals surface area contributed by atoms with E-state index in [4.69, 9.17) is 38.3 Å². The molecular formula is C55H91N15O19. The van der Waals surface area contributed by atoms with E-state index in [9.17, 15) is 81.5 Å². The lowest BCUT2D eigenvalue weighted by Gasteiger charge is -2.08. The SMILES string of the molecule is C=C=CC(N)=O.C=CC(N)=O.CC(=O)C(N)=O.CC(=O)CC(N)=O.CC=O.NC(=O)/C=C\C(N)=O.NC(=O)C=O.NC(=O)CCCC(N)=O.NC(=O)CCCCC(N)=O.NC(=O)c1ccccc1.O=C1CCCCCN1.O=C1CCCCN1.O=C1CCCN1. The summed E-state index contributed by atoms with van der Waals surface area (Å²) in [5.74, 6) is -6.68. The average Bonchev–Trinajstić information content (AvgIpc) is 3.83. The van der Waals surface area contributed by atoms with Gasteiger partial charge in [0, 0.05) is 95.3 Å². The van der Waals surface area contributed by atoms with E-state index < -0.39 is 58.9 Å². The number of hydrogen-bond acceptors (Lipinski definition) is 19. The number of piperidine rings is 1. The van der Waals surface area contributed by atoms with Crippen LogP contribution in [-0.2, 0) is 86.3 Å². The number of carbonyl (C=O) groups excluding carboxylic acids is 19. The van der Waals surface area contributed by atoms with Crippen LogP contribution in [0.3, 0.4) is 0 Å². The molecule has 4 rings (SSSR count). The average molecular weight is 1270 g/mol. The van der Waals surface area contributed by atoms with Gasteiger partial charge >= 0.3 is 0 Å². The minimum absolute atomic E-state index is 0.0556. The van der Waals surface area contributed by atoms with Crippen LogP contribution in [0.5, 0.6) is 0 Å². The summed E-state index contributed by atoms with van der Waals surface area (Å²) in [7, 11) is 0. The standard InChI is InChI=1S/C7H7NO.C6H12N2O2.C6H11NO.C5H10N2O2.C5H9NO.C4H6N2O2.C4H7NO2.C4H7NO.C4H5NO.C3H5NO2.C3H5NO.C2H3NO2.C2H4O/c8-7(9)6-4-2-1-3-5-6;7-5(9)3-1-2-4-6(8)10;8-6-4-2-1-3-5-7-6;6-4(8)2-1-3-5(7)9;7-5-3-1-2-4-6-5;5-3(7)1-2-4(6)8;1-3(6)2-4(5)7;6-4-2-1-3-5-4;1-2-3-4(5)6;1-2(5)3(4)6;1-2-3(4)5;3-2(5)1-4;1-2-3/h1-5H,(H2,8,9);1-4H2,(H2,7,9)(H2,8,10);1-5H2,(H,7,8);1-3H2,(H2,6,8)(H2,7,9);1-4H2,(H,6,7);1-2H,(H2,5,7)(H2,6,8);2H2,1H3,(H2,5,7);1-3H2,(H,5,6);3H,1H2,(H2,5,6);1H3,(H2,4,6);2H,1H2,(H2,4,5);1H,(H2,3,5);2H,1H3/b;;;;;2-1-;;;;;;;. The number of benzene rings is 1. The third-order valence-electron chi connectivity index (χ3n) is 8.20. The number of carbonyl (C=O) groups is 19. The second-order valence-electron chi connectivity index (χ2n) is 16.6. The first-order valence-electron chi connectivity index (χ1n) is 26.2. The maximum atomic E-state index is 10.6. The summed E-state index contributed by atoms with van der Waals surface area (Å²) in [6.07, 6.45) is 16.4. The lowest BCUT2D eigenvalue weighted by molar-refractivity contribution is -0.134. The summed E-state index contributed by atoms with van der Waals surface area (Å²) in [6.45, 7) is 12.8. The number of unbranched alkanes of at least 4 members (excludes halogenated alkanes) is 1. The van der Waals surface area contributed by atoms with Crippen molar-refractivity contribution in [3.63, 3.8) is 0 Å². The van der Waals surface area contributed by atoms with Gasteiger partial charge in [-0.2, -0.15) is 0 Å². The van der Waals surface area contributed by atoms with Gasteiger partial charge in [-0.05, 0) is 83.4 Å². The molecule has 3 saturated heterocycles. The molecule has 0 bridgehead atoms. The van der Waals surface area contributed by atoms with E-state index in [2.05, 4.69) is 75.0 Å². The van der Waals surface area contributed by atoms with Crippen molar-refractivity contribution in [1.82, 2.24) is 16.0 Å². The zero-order valence-corrected chi connectivity index (χ0v) is 50.6. The van der Waals surface area contributed by atoms with Crippen LogP contribution in [-0.4, -0.2) is 132 Å². The highest BCUT2D eigenvalue weighted by molar-refractivity contribution is 6.34. The van der Waals surface area contributed by atoms with Crippen molar-refractivity contribution in [2.24, 2.45) is 68.8 Å². The molecule has 3 aliphatic heterocycles. The molecule has 15 amide bonds. The molecule has 0 unspecified atom stereocenters. The van der Waals surface area contributed by atoms with E-state index >= 15 is 0 Å². The van der Waals surface area contributed by atoms with Gasteiger partial charge < -0.3 is 89.5 Å². The summed E-state index contributed by atoms with van der Waals surface area (Å²) in [4.78, 5) is 187. The highest BCUT2D eigenvalue weighted by Crippen LogP contribution is 2.02. The molecular weight excluding hydrogens is 1170 g/mol. The van der Waals surface area contributed by atoms with Gasteiger partial charge in [-0.3, -0.25) is 86.3 Å². The maximum Gasteiger partial charge on any atom is 0.284 e. The van der Waals surface area contributed by atoms with Gasteiger partial charge in [-0.25, -0.2) is 0 Å². The number of primary amides is 12. The van der Waals surface area contributed by atoms with Crippen molar-refractivity contribution >= 4 is 113 Å². The summed E-state index contributed by atoms with van der Waals surface area (Å²) >= 11 is 0. The van der Waals surface area contributed by atoms with Crippen molar-refractivity contribution in [1.29, 1.82) is 0 Å². The van der Waals surface area contributed by atoms with E-state index in [0.29, 0.717) is 37.7 Å². The van der Waals surface area contributed by atoms with Crippen LogP contribution in [0.2, 0.25) is 0 Å². The van der Waals surface area contributed by atoms with Crippen LogP contribution < -0.4 is 84.8 Å². The molecule has 1 aromatic carbocycles. The summed E-state index contributed by atoms with van der Waals surface area (Å²) in [5.41, 5.74) is 58.7. The molecule has 0 atom stereocenters. The number of Topliss-reactive ketones (excluding diaryl/α,β-unsaturated/α-hetero) is 2. The molecule has 0 aromatic heterocycles. The fourth-order valence-electron chi connectivity index (χ4n) is 4.34. The van der Waals surface area contributed by atoms with Gasteiger partial charge in [0.2, 0.25) is 88.9 Å². The Morgan fingerprint density at radius 3 is 0.989 bits per heavy atom. The van der Waals surface area contributed by atoms with E-state index in [1.807, 2.05) is 6.07 Å². The van der Waals surface area contributed by atoms with Gasteiger partial charge in [0.1, 0.15) is 12.1 Å². The first-order chi connectivity index (χ1) is 41.4. The molecule has 1 aromatic rings. The van der Waals surface area contributed by atoms with Crippen molar-refractivity contribution in [2.75, 3.05) is 19.6 Å². The van der Waals surface area contributed by atoms with Crippen LogP contribution in [0.25, 0.3) is 0 Å². The number of nitrogens with one attached hydrogen (secondary N) is 3. The third-order valence-corrected chi connectivity index (χ3v) is 8.20. The molecule has 3 heterocycles. The molecule has 0 radical (unpaired) electrons. The molecule has 500 valence electrons. The second kappa shape index (κ2) is 73.1. The Morgan fingerprint density at radius 1 is 0.483 bits per heavy atom. The first kappa shape index (κ1) is 97.1. The Morgan fingerprint density at radius 2 is 0.798 bits per heavy atom. The molecule has 34 nitrogen and oxygen atoms in total. The fourth-order valence-corrected chi connectivity index (χ4v) is 4.34. The van der Waals surface area contributed by atoms with Crippen molar-refractivity contribution in [2.45, 2.75) is 130 Å². The highest BCUT2D eigenvalue weighted by atomic mass is 16.2. The predicted molar refractivity (Wildman–Crippen MR) is 326 cm³/mol. The normalized spacial score (nSPS) is 11.2. The smallest absolute Gasteiger partial charge is 0.284 e. The van der Waals surface area contributed by atoms with Gasteiger partial charge in [0.05, 0.1) is 6.42 Å². The van der Waals surface area contributed by atoms with Crippen LogP contribution in [0.4, 0.5) is 0 Å². The van der Waals surface area contributed by atoms with Gasteiger partial charge in [-0.1, -0.05) is 37.8 Å². The van der Waals surface area contributed by atoms with Crippen LogP contribution in [0.1, 0.15) is 140 Å². The summed E-state index contributed by atoms with van der Waals surface area (Å²) < 4.78 is 0. The zero-order valence-electron chi connectivity index (χ0n) is 50.6. The van der Waals surface area contributed by atoms with Crippen molar-refractivity contribution in [3.05, 3.63) is 79.1 Å². The monoisotopic (exact) mass is 1270 g/mol. The lowest BCUT2D eigenvalue weighted by Crippen LogP contribution is -2.28. The Balaban J connectivity index is -0.000000112. The number of amides is 15. The largest absolute Gasteiger partial charge is 0.370 e. The van der Waals surface area contributed by atoms with Crippen LogP contribution >= 0.6 is 0 Å². The topological polar surface area (TPSA) is 673 Å². The Bertz CT molecular complexity index is 2320. The summed E-state index contributed by atoms with van der Waals surface area (Å²) in [6, 6.07) is 8.76. The lowest BCUT2D eigenvalue weighted by atomic mass is 10.2. The molecule has 27 N–H and O–H groups in total. The molecule has 0 aliphatic carbocycles. The van der Waals surface area contributed by atoms with E-state index in [0.717, 1.165) is 109 Å². The fraction of sp³-hybridized carbons (Fsp3) is 0.418. The van der Waals surface area contributed by atoms with E-state index in [-0.39, 0.29) is 66.8 Å². The third kappa shape index (κ3) is 129. The molecule has 89 heavy (non-hydrogen) atoms. The van der Waals surface area contributed by atoms with Crippen LogP contribution in [0, 0.1) is 0 Å². The number of nitrogens with two attached hydrogens (primary N) is 12. The van der Waals surface area contributed by atoms with Crippen molar-refractivity contribution in [3.8, 4) is 0 Å². The van der Waals surface area contributed by atoms with Gasteiger partial charge in [0.15, 0.2) is 0 Å². The first-order valence-corrected chi connectivity index (χ1v) is 26.2. The van der Waals surface area contributed by atoms with Crippen molar-refractivity contribution < 1.29 is 91.1 Å². The Kier molecular flexibility index (Phi) is 79.7.